The number of esters is 1. The standard InChI is InChI=1S/C16H21NO5S2/c18-13-6-1-2-7-14(13)22-16(19)12-5-3-9-17(11-12)24(20,21)15-8-4-10-23-15/h4,8,10,12,14H,1-3,5-7,9,11H2/t12-,14-/m0/s1. The molecule has 1 saturated carbocycles. The smallest absolute Gasteiger partial charge is 0.310 e. The van der Waals surface area contributed by atoms with E-state index in [1.165, 1.54) is 15.6 Å². The number of ketones is 1. The molecule has 3 rings (SSSR count). The lowest BCUT2D eigenvalue weighted by atomic mass is 9.95. The third-order valence-corrected chi connectivity index (χ3v) is 7.80. The zero-order chi connectivity index (χ0) is 17.2. The molecule has 1 saturated heterocycles. The van der Waals surface area contributed by atoms with Crippen LogP contribution in [0.15, 0.2) is 21.7 Å². The van der Waals surface area contributed by atoms with Gasteiger partial charge in [-0.05, 0) is 43.6 Å². The second-order valence-electron chi connectivity index (χ2n) is 6.27. The van der Waals surface area contributed by atoms with Crippen molar-refractivity contribution in [1.29, 1.82) is 0 Å². The Labute approximate surface area is 145 Å². The third kappa shape index (κ3) is 3.70. The summed E-state index contributed by atoms with van der Waals surface area (Å²) < 4.78 is 32.2. The topological polar surface area (TPSA) is 80.8 Å². The van der Waals surface area contributed by atoms with E-state index < -0.39 is 28.0 Å². The Hall–Kier alpha value is -1.25. The molecule has 0 N–H and O–H groups in total. The van der Waals surface area contributed by atoms with Gasteiger partial charge in [-0.2, -0.15) is 4.31 Å². The van der Waals surface area contributed by atoms with Gasteiger partial charge in [0.05, 0.1) is 5.92 Å². The van der Waals surface area contributed by atoms with Crippen LogP contribution < -0.4 is 0 Å². The first-order chi connectivity index (χ1) is 11.5. The SMILES string of the molecule is O=C(O[C@H]1CCCCC1=O)[C@H]1CCCN(S(=O)(=O)c2cccs2)C1. The minimum atomic E-state index is -3.55. The molecule has 8 heteroatoms. The Kier molecular flexibility index (Phi) is 5.36. The summed E-state index contributed by atoms with van der Waals surface area (Å²) in [5.74, 6) is -0.960. The first kappa shape index (κ1) is 17.6. The largest absolute Gasteiger partial charge is 0.454 e. The minimum Gasteiger partial charge on any atom is -0.454 e. The molecule has 0 radical (unpaired) electrons. The number of piperidine rings is 1. The molecular formula is C16H21NO5S2. The Bertz CT molecular complexity index is 698. The summed E-state index contributed by atoms with van der Waals surface area (Å²) in [6.45, 7) is 0.534. The molecule has 2 aliphatic rings. The number of ether oxygens (including phenoxy) is 1. The Morgan fingerprint density at radius 3 is 2.79 bits per heavy atom. The van der Waals surface area contributed by atoms with Gasteiger partial charge >= 0.3 is 5.97 Å². The Balaban J connectivity index is 1.65. The fraction of sp³-hybridized carbons (Fsp3) is 0.625. The number of Topliss-reactive ketones (excluding diaryl/α,β-unsaturated/α-hetero) is 1. The number of hydrogen-bond donors (Lipinski definition) is 0. The van der Waals surface area contributed by atoms with E-state index in [1.807, 2.05) is 0 Å². The zero-order valence-corrected chi connectivity index (χ0v) is 15.0. The molecule has 2 heterocycles. The van der Waals surface area contributed by atoms with Crippen molar-refractivity contribution in [1.82, 2.24) is 4.31 Å². The number of hydrogen-bond acceptors (Lipinski definition) is 6. The highest BCUT2D eigenvalue weighted by Crippen LogP contribution is 2.28. The minimum absolute atomic E-state index is 0.0199. The van der Waals surface area contributed by atoms with E-state index in [2.05, 4.69) is 0 Å². The molecule has 132 valence electrons. The van der Waals surface area contributed by atoms with E-state index in [1.54, 1.807) is 17.5 Å². The van der Waals surface area contributed by atoms with Crippen molar-refractivity contribution < 1.29 is 22.7 Å². The fourth-order valence-electron chi connectivity index (χ4n) is 3.20. The maximum Gasteiger partial charge on any atom is 0.310 e. The highest BCUT2D eigenvalue weighted by atomic mass is 32.2. The molecule has 1 aromatic heterocycles. The highest BCUT2D eigenvalue weighted by molar-refractivity contribution is 7.91. The zero-order valence-electron chi connectivity index (χ0n) is 13.3. The van der Waals surface area contributed by atoms with Crippen molar-refractivity contribution in [3.8, 4) is 0 Å². The highest BCUT2D eigenvalue weighted by Gasteiger charge is 2.36. The van der Waals surface area contributed by atoms with E-state index in [-0.39, 0.29) is 12.3 Å². The monoisotopic (exact) mass is 371 g/mol. The fourth-order valence-corrected chi connectivity index (χ4v) is 5.87. The number of sulfonamides is 1. The Morgan fingerprint density at radius 2 is 2.08 bits per heavy atom. The summed E-state index contributed by atoms with van der Waals surface area (Å²) in [6.07, 6.45) is 3.33. The van der Waals surface area contributed by atoms with Crippen LogP contribution in [0.1, 0.15) is 38.5 Å². The molecule has 1 aliphatic carbocycles. The normalized spacial score (nSPS) is 26.2. The van der Waals surface area contributed by atoms with Crippen LogP contribution >= 0.6 is 11.3 Å². The number of nitrogens with zero attached hydrogens (tertiary/aromatic N) is 1. The van der Waals surface area contributed by atoms with Crippen LogP contribution in [0.25, 0.3) is 0 Å². The first-order valence-electron chi connectivity index (χ1n) is 8.25. The van der Waals surface area contributed by atoms with E-state index >= 15 is 0 Å². The van der Waals surface area contributed by atoms with E-state index in [0.29, 0.717) is 36.4 Å². The van der Waals surface area contributed by atoms with Crippen molar-refractivity contribution in [3.05, 3.63) is 17.5 Å². The number of rotatable bonds is 4. The van der Waals surface area contributed by atoms with Crippen LogP contribution in [-0.4, -0.2) is 43.7 Å². The molecular weight excluding hydrogens is 350 g/mol. The van der Waals surface area contributed by atoms with Gasteiger partial charge in [0, 0.05) is 19.5 Å². The molecule has 0 aromatic carbocycles. The lowest BCUT2D eigenvalue weighted by Crippen LogP contribution is -2.43. The van der Waals surface area contributed by atoms with Gasteiger partial charge in [-0.1, -0.05) is 6.07 Å². The quantitative estimate of drug-likeness (QED) is 0.758. The summed E-state index contributed by atoms with van der Waals surface area (Å²) in [6, 6.07) is 3.27. The van der Waals surface area contributed by atoms with E-state index in [9.17, 15) is 18.0 Å². The molecule has 24 heavy (non-hydrogen) atoms. The molecule has 0 spiro atoms. The van der Waals surface area contributed by atoms with Gasteiger partial charge in [-0.25, -0.2) is 8.42 Å². The van der Waals surface area contributed by atoms with Crippen molar-refractivity contribution >= 4 is 33.1 Å². The average molecular weight is 371 g/mol. The molecule has 2 fully saturated rings. The predicted molar refractivity (Wildman–Crippen MR) is 89.2 cm³/mol. The van der Waals surface area contributed by atoms with Crippen LogP contribution in [0.2, 0.25) is 0 Å². The van der Waals surface area contributed by atoms with Gasteiger partial charge in [0.1, 0.15) is 4.21 Å². The van der Waals surface area contributed by atoms with Crippen LogP contribution in [0.3, 0.4) is 0 Å². The van der Waals surface area contributed by atoms with Crippen LogP contribution in [0.5, 0.6) is 0 Å². The van der Waals surface area contributed by atoms with Gasteiger partial charge in [-0.3, -0.25) is 9.59 Å². The van der Waals surface area contributed by atoms with Crippen molar-refractivity contribution in [2.45, 2.75) is 48.8 Å². The van der Waals surface area contributed by atoms with Gasteiger partial charge < -0.3 is 4.74 Å². The molecule has 1 aliphatic heterocycles. The predicted octanol–water partition coefficient (Wildman–Crippen LogP) is 2.20. The van der Waals surface area contributed by atoms with Gasteiger partial charge in [0.15, 0.2) is 11.9 Å². The van der Waals surface area contributed by atoms with E-state index in [4.69, 9.17) is 4.74 Å². The third-order valence-electron chi connectivity index (χ3n) is 4.56. The van der Waals surface area contributed by atoms with Crippen molar-refractivity contribution in [2.24, 2.45) is 5.92 Å². The molecule has 1 aromatic rings. The van der Waals surface area contributed by atoms with Gasteiger partial charge in [0.2, 0.25) is 0 Å². The molecule has 6 nitrogen and oxygen atoms in total. The van der Waals surface area contributed by atoms with Gasteiger partial charge in [0.25, 0.3) is 10.0 Å². The van der Waals surface area contributed by atoms with Gasteiger partial charge in [-0.15, -0.1) is 11.3 Å². The second kappa shape index (κ2) is 7.33. The van der Waals surface area contributed by atoms with E-state index in [0.717, 1.165) is 12.8 Å². The maximum atomic E-state index is 12.6. The summed E-state index contributed by atoms with van der Waals surface area (Å²) >= 11 is 1.17. The molecule has 0 amide bonds. The average Bonchev–Trinajstić information content (AvgIpc) is 3.12. The summed E-state index contributed by atoms with van der Waals surface area (Å²) in [5, 5.41) is 1.72. The molecule has 0 bridgehead atoms. The lowest BCUT2D eigenvalue weighted by Gasteiger charge is -2.31. The molecule has 2 atom stereocenters. The maximum absolute atomic E-state index is 12.6. The number of carbonyl (C=O) groups excluding carboxylic acids is 2. The summed E-state index contributed by atoms with van der Waals surface area (Å²) in [5.41, 5.74) is 0. The van der Waals surface area contributed by atoms with Crippen LogP contribution in [0, 0.1) is 5.92 Å². The number of thiophene rings is 1. The summed E-state index contributed by atoms with van der Waals surface area (Å²) in [7, 11) is -3.55. The summed E-state index contributed by atoms with van der Waals surface area (Å²) in [4.78, 5) is 24.2. The number of carbonyl (C=O) groups is 2. The van der Waals surface area contributed by atoms with Crippen molar-refractivity contribution in [2.75, 3.05) is 13.1 Å². The Morgan fingerprint density at radius 1 is 1.25 bits per heavy atom. The first-order valence-corrected chi connectivity index (χ1v) is 10.6. The molecule has 0 unspecified atom stereocenters. The van der Waals surface area contributed by atoms with Crippen LogP contribution in [-0.2, 0) is 24.3 Å². The van der Waals surface area contributed by atoms with Crippen LogP contribution in [0.4, 0.5) is 0 Å². The second-order valence-corrected chi connectivity index (χ2v) is 9.38. The van der Waals surface area contributed by atoms with Crippen molar-refractivity contribution in [3.63, 3.8) is 0 Å². The lowest BCUT2D eigenvalue weighted by molar-refractivity contribution is -0.161.